The Bertz CT molecular complexity index is 694. The lowest BCUT2D eigenvalue weighted by Gasteiger charge is -2.25. The van der Waals surface area contributed by atoms with Gasteiger partial charge in [-0.1, -0.05) is 0 Å². The lowest BCUT2D eigenvalue weighted by atomic mass is 10.0. The number of unbranched alkanes of at least 4 members (excludes halogenated alkanes) is 1. The molecule has 0 aromatic carbocycles. The van der Waals surface area contributed by atoms with Gasteiger partial charge in [0.2, 0.25) is 23.6 Å². The van der Waals surface area contributed by atoms with Crippen LogP contribution in [0.1, 0.15) is 45.4 Å². The lowest BCUT2D eigenvalue weighted by Crippen LogP contribution is -2.58. The number of carbonyl (C=O) groups is 5. The third kappa shape index (κ3) is 12.7. The van der Waals surface area contributed by atoms with Crippen LogP contribution in [0.2, 0.25) is 0 Å². The summed E-state index contributed by atoms with van der Waals surface area (Å²) in [5, 5.41) is 26.0. The van der Waals surface area contributed by atoms with Gasteiger partial charge in [0.05, 0.1) is 12.1 Å². The molecule has 11 N–H and O–H groups in total. The Balaban J connectivity index is 5.52. The van der Waals surface area contributed by atoms with E-state index in [1.54, 1.807) is 0 Å². The Morgan fingerprint density at radius 1 is 0.912 bits per heavy atom. The predicted octanol–water partition coefficient (Wildman–Crippen LogP) is -2.62. The zero-order valence-electron chi connectivity index (χ0n) is 19.6. The smallest absolute Gasteiger partial charge is 0.328 e. The summed E-state index contributed by atoms with van der Waals surface area (Å²) in [5.74, 6) is -3.72. The average molecular weight is 507 g/mol. The van der Waals surface area contributed by atoms with Crippen LogP contribution < -0.4 is 33.2 Å². The molecule has 0 bridgehead atoms. The van der Waals surface area contributed by atoms with Crippen molar-refractivity contribution in [1.82, 2.24) is 16.0 Å². The summed E-state index contributed by atoms with van der Waals surface area (Å²) in [4.78, 5) is 60.6. The molecule has 0 aliphatic rings. The molecule has 0 spiro atoms. The highest BCUT2D eigenvalue weighted by atomic mass is 32.2. The highest BCUT2D eigenvalue weighted by molar-refractivity contribution is 7.98. The number of hydrogen-bond donors (Lipinski definition) is 8. The fourth-order valence-corrected chi connectivity index (χ4v) is 3.38. The molecule has 5 atom stereocenters. The van der Waals surface area contributed by atoms with Crippen molar-refractivity contribution in [2.75, 3.05) is 18.6 Å². The van der Waals surface area contributed by atoms with Gasteiger partial charge in [-0.15, -0.1) is 0 Å². The maximum Gasteiger partial charge on any atom is 0.328 e. The quantitative estimate of drug-likeness (QED) is 0.0900. The maximum atomic E-state index is 13.0. The molecule has 34 heavy (non-hydrogen) atoms. The molecule has 13 nitrogen and oxygen atoms in total. The maximum absolute atomic E-state index is 13.0. The molecule has 4 amide bonds. The fourth-order valence-electron chi connectivity index (χ4n) is 2.89. The molecule has 0 fully saturated rings. The Hall–Kier alpha value is -2.42. The number of amides is 4. The van der Waals surface area contributed by atoms with Crippen molar-refractivity contribution in [3.05, 3.63) is 0 Å². The number of aliphatic hydroxyl groups excluding tert-OH is 1. The first-order valence-electron chi connectivity index (χ1n) is 11.0. The van der Waals surface area contributed by atoms with Gasteiger partial charge < -0.3 is 43.4 Å². The van der Waals surface area contributed by atoms with Gasteiger partial charge in [0, 0.05) is 6.42 Å². The predicted molar refractivity (Wildman–Crippen MR) is 127 cm³/mol. The Morgan fingerprint density at radius 3 is 1.97 bits per heavy atom. The number of aliphatic hydroxyl groups is 1. The molecule has 196 valence electrons. The summed E-state index contributed by atoms with van der Waals surface area (Å²) in [7, 11) is 0. The lowest BCUT2D eigenvalue weighted by molar-refractivity contribution is -0.145. The van der Waals surface area contributed by atoms with Crippen LogP contribution >= 0.6 is 11.8 Å². The van der Waals surface area contributed by atoms with Gasteiger partial charge in [-0.25, -0.2) is 4.79 Å². The van der Waals surface area contributed by atoms with E-state index in [1.807, 2.05) is 6.26 Å². The number of carbonyl (C=O) groups excluding carboxylic acids is 4. The van der Waals surface area contributed by atoms with E-state index in [9.17, 15) is 34.2 Å². The van der Waals surface area contributed by atoms with Gasteiger partial charge >= 0.3 is 5.97 Å². The second-order valence-electron chi connectivity index (χ2n) is 7.86. The van der Waals surface area contributed by atoms with Crippen LogP contribution in [0, 0.1) is 0 Å². The van der Waals surface area contributed by atoms with Gasteiger partial charge in [0.25, 0.3) is 0 Å². The summed E-state index contributed by atoms with van der Waals surface area (Å²) >= 11 is 1.52. The molecular formula is C20H38N6O7S. The number of primary amides is 1. The van der Waals surface area contributed by atoms with Crippen molar-refractivity contribution in [3.8, 4) is 0 Å². The van der Waals surface area contributed by atoms with Crippen LogP contribution in [-0.4, -0.2) is 88.6 Å². The normalized spacial score (nSPS) is 15.3. The van der Waals surface area contributed by atoms with Gasteiger partial charge in [0.1, 0.15) is 12.1 Å². The molecule has 0 saturated carbocycles. The third-order valence-corrected chi connectivity index (χ3v) is 5.55. The summed E-state index contributed by atoms with van der Waals surface area (Å²) in [6, 6.07) is -4.82. The van der Waals surface area contributed by atoms with Crippen LogP contribution in [0.4, 0.5) is 0 Å². The zero-order valence-corrected chi connectivity index (χ0v) is 20.4. The number of aliphatic carboxylic acids is 1. The first kappa shape index (κ1) is 31.6. The third-order valence-electron chi connectivity index (χ3n) is 4.91. The Morgan fingerprint density at radius 2 is 1.47 bits per heavy atom. The van der Waals surface area contributed by atoms with Crippen molar-refractivity contribution >= 4 is 41.4 Å². The van der Waals surface area contributed by atoms with Crippen molar-refractivity contribution in [2.45, 2.75) is 75.7 Å². The van der Waals surface area contributed by atoms with Crippen LogP contribution in [-0.2, 0) is 24.0 Å². The van der Waals surface area contributed by atoms with E-state index in [1.165, 1.54) is 18.7 Å². The van der Waals surface area contributed by atoms with E-state index in [4.69, 9.17) is 17.2 Å². The van der Waals surface area contributed by atoms with Gasteiger partial charge in [-0.3, -0.25) is 19.2 Å². The molecule has 0 aliphatic carbocycles. The van der Waals surface area contributed by atoms with E-state index in [0.717, 1.165) is 0 Å². The molecule has 0 aromatic rings. The Labute approximate surface area is 203 Å². The number of nitrogens with one attached hydrogen (secondary N) is 3. The molecule has 0 radical (unpaired) electrons. The van der Waals surface area contributed by atoms with Crippen LogP contribution in [0.25, 0.3) is 0 Å². The molecule has 0 aliphatic heterocycles. The van der Waals surface area contributed by atoms with Gasteiger partial charge in [-0.05, 0) is 57.6 Å². The van der Waals surface area contributed by atoms with Crippen LogP contribution in [0.3, 0.4) is 0 Å². The minimum absolute atomic E-state index is 0.213. The zero-order chi connectivity index (χ0) is 26.3. The van der Waals surface area contributed by atoms with Gasteiger partial charge in [0.15, 0.2) is 6.04 Å². The number of carboxylic acids is 1. The molecular weight excluding hydrogens is 468 g/mol. The minimum Gasteiger partial charge on any atom is -0.480 e. The Kier molecular flexibility index (Phi) is 15.9. The van der Waals surface area contributed by atoms with E-state index < -0.39 is 59.9 Å². The number of nitrogens with two attached hydrogens (primary N) is 3. The van der Waals surface area contributed by atoms with E-state index in [2.05, 4.69) is 16.0 Å². The van der Waals surface area contributed by atoms with E-state index >= 15 is 0 Å². The number of carboxylic acid groups (broad SMARTS) is 1. The molecule has 14 heteroatoms. The summed E-state index contributed by atoms with van der Waals surface area (Å²) in [6.45, 7) is 1.56. The second kappa shape index (κ2) is 17.1. The van der Waals surface area contributed by atoms with Gasteiger partial charge in [-0.2, -0.15) is 11.8 Å². The topological polar surface area (TPSA) is 240 Å². The molecule has 0 rings (SSSR count). The van der Waals surface area contributed by atoms with E-state index in [0.29, 0.717) is 31.6 Å². The number of thioether (sulfide) groups is 1. The summed E-state index contributed by atoms with van der Waals surface area (Å²) in [5.41, 5.74) is 16.5. The summed E-state index contributed by atoms with van der Waals surface area (Å²) < 4.78 is 0. The average Bonchev–Trinajstić information content (AvgIpc) is 2.76. The number of hydrogen-bond acceptors (Lipinski definition) is 9. The molecule has 0 aromatic heterocycles. The highest BCUT2D eigenvalue weighted by Gasteiger charge is 2.31. The second-order valence-corrected chi connectivity index (χ2v) is 8.85. The summed E-state index contributed by atoms with van der Waals surface area (Å²) in [6.07, 6.45) is 1.71. The molecule has 0 saturated heterocycles. The SMILES string of the molecule is CSCCC(N)C(=O)NC(CCCCN)C(=O)NC(CCC(N)=O)C(=O)NC(C(=O)O)C(C)O. The largest absolute Gasteiger partial charge is 0.480 e. The monoisotopic (exact) mass is 506 g/mol. The van der Waals surface area contributed by atoms with Crippen molar-refractivity contribution in [1.29, 1.82) is 0 Å². The first-order valence-corrected chi connectivity index (χ1v) is 12.4. The number of rotatable bonds is 18. The standard InChI is InChI=1S/C20H38N6O7S/c1-11(27)16(20(32)33)26-19(31)14(6-7-15(23)28)25-18(30)13(5-3-4-9-21)24-17(29)12(22)8-10-34-2/h11-14,16,27H,3-10,21-22H2,1-2H3,(H2,23,28)(H,24,29)(H,25,30)(H,26,31)(H,32,33). The first-order chi connectivity index (χ1) is 15.9. The fraction of sp³-hybridized carbons (Fsp3) is 0.750. The molecule has 0 heterocycles. The van der Waals surface area contributed by atoms with Crippen molar-refractivity contribution in [2.24, 2.45) is 17.2 Å². The van der Waals surface area contributed by atoms with Crippen molar-refractivity contribution < 1.29 is 34.2 Å². The highest BCUT2D eigenvalue weighted by Crippen LogP contribution is 2.07. The van der Waals surface area contributed by atoms with E-state index in [-0.39, 0.29) is 19.3 Å². The minimum atomic E-state index is -1.63. The van der Waals surface area contributed by atoms with Crippen LogP contribution in [0.15, 0.2) is 0 Å². The van der Waals surface area contributed by atoms with Crippen molar-refractivity contribution in [3.63, 3.8) is 0 Å². The molecule has 5 unspecified atom stereocenters. The van der Waals surface area contributed by atoms with Crippen LogP contribution in [0.5, 0.6) is 0 Å².